The van der Waals surface area contributed by atoms with Crippen LogP contribution in [0, 0.1) is 0 Å². The second-order valence-electron chi connectivity index (χ2n) is 6.80. The molecule has 0 aromatic carbocycles. The minimum absolute atomic E-state index is 1.18. The van der Waals surface area contributed by atoms with Crippen molar-refractivity contribution in [2.75, 3.05) is 0 Å². The van der Waals surface area contributed by atoms with Crippen LogP contribution in [0.4, 0.5) is 0 Å². The fourth-order valence-electron chi connectivity index (χ4n) is 3.50. The van der Waals surface area contributed by atoms with Crippen molar-refractivity contribution in [2.24, 2.45) is 0 Å². The molecule has 0 saturated heterocycles. The van der Waals surface area contributed by atoms with Crippen LogP contribution in [0.25, 0.3) is 0 Å². The van der Waals surface area contributed by atoms with E-state index in [1.54, 1.807) is 8.85 Å². The Morgan fingerprint density at radius 1 is 1.10 bits per heavy atom. The molecule has 2 rings (SSSR count). The molecule has 114 valence electrons. The van der Waals surface area contributed by atoms with E-state index in [0.29, 0.717) is 0 Å². The summed E-state index contributed by atoms with van der Waals surface area (Å²) in [6, 6.07) is 0. The van der Waals surface area contributed by atoms with Crippen LogP contribution in [0.3, 0.4) is 0 Å². The maximum atomic E-state index is 3.80. The van der Waals surface area contributed by atoms with E-state index in [0.717, 1.165) is 0 Å². The van der Waals surface area contributed by atoms with Gasteiger partial charge < -0.3 is 0 Å². The van der Waals surface area contributed by atoms with Crippen molar-refractivity contribution in [2.45, 2.75) is 60.6 Å². The van der Waals surface area contributed by atoms with Gasteiger partial charge in [0.25, 0.3) is 0 Å². The molecule has 1 heteroatoms. The zero-order chi connectivity index (χ0) is 15.1. The van der Waals surface area contributed by atoms with Crippen molar-refractivity contribution in [1.82, 2.24) is 0 Å². The first kappa shape index (κ1) is 16.9. The SMILES string of the molecule is C=CCCCCCCC1=[C]([Zr]([CH3])([CH3])[C]2=CC=CC2)CC=C1. The molecule has 0 bridgehead atoms. The summed E-state index contributed by atoms with van der Waals surface area (Å²) < 4.78 is 8.87. The summed E-state index contributed by atoms with van der Waals surface area (Å²) >= 11 is -2.20. The molecule has 0 radical (unpaired) electrons. The predicted octanol–water partition coefficient (Wildman–Crippen LogP) is 6.82. The van der Waals surface area contributed by atoms with Crippen LogP contribution in [0.1, 0.15) is 51.4 Å². The van der Waals surface area contributed by atoms with E-state index in [4.69, 9.17) is 0 Å². The first-order valence-corrected chi connectivity index (χ1v) is 15.9. The van der Waals surface area contributed by atoms with Crippen molar-refractivity contribution < 1.29 is 20.3 Å². The molecule has 2 aliphatic carbocycles. The van der Waals surface area contributed by atoms with Gasteiger partial charge in [-0.15, -0.1) is 0 Å². The molecule has 2 aliphatic rings. The Morgan fingerprint density at radius 2 is 1.90 bits per heavy atom. The fourth-order valence-corrected chi connectivity index (χ4v) is 11.3. The Labute approximate surface area is 135 Å². The second kappa shape index (κ2) is 8.28. The Hall–Kier alpha value is -0.417. The van der Waals surface area contributed by atoms with Crippen molar-refractivity contribution in [1.29, 1.82) is 0 Å². The van der Waals surface area contributed by atoms with E-state index < -0.39 is 20.3 Å². The third kappa shape index (κ3) is 4.52. The predicted molar refractivity (Wildman–Crippen MR) is 92.3 cm³/mol. The molecule has 0 aromatic rings. The van der Waals surface area contributed by atoms with E-state index in [9.17, 15) is 0 Å². The summed E-state index contributed by atoms with van der Waals surface area (Å²) in [5, 5.41) is 0. The van der Waals surface area contributed by atoms with Gasteiger partial charge >= 0.3 is 136 Å². The van der Waals surface area contributed by atoms with Gasteiger partial charge in [-0.2, -0.15) is 0 Å². The van der Waals surface area contributed by atoms with Gasteiger partial charge in [0.05, 0.1) is 0 Å². The van der Waals surface area contributed by atoms with E-state index in [2.05, 4.69) is 46.2 Å². The molecule has 21 heavy (non-hydrogen) atoms. The Morgan fingerprint density at radius 3 is 2.62 bits per heavy atom. The van der Waals surface area contributed by atoms with Gasteiger partial charge in [-0.05, 0) is 0 Å². The van der Waals surface area contributed by atoms with E-state index in [-0.39, 0.29) is 0 Å². The van der Waals surface area contributed by atoms with Crippen LogP contribution in [0.15, 0.2) is 55.2 Å². The van der Waals surface area contributed by atoms with Crippen molar-refractivity contribution in [3.8, 4) is 0 Å². The molecule has 0 aliphatic heterocycles. The van der Waals surface area contributed by atoms with Crippen LogP contribution in [-0.4, -0.2) is 0 Å². The Kier molecular flexibility index (Phi) is 6.68. The third-order valence-electron chi connectivity index (χ3n) is 4.96. The zero-order valence-corrected chi connectivity index (χ0v) is 16.3. The number of hydrogen-bond acceptors (Lipinski definition) is 0. The van der Waals surface area contributed by atoms with Crippen LogP contribution < -0.4 is 0 Å². The topological polar surface area (TPSA) is 0 Å². The molecule has 0 atom stereocenters. The van der Waals surface area contributed by atoms with Gasteiger partial charge in [0.1, 0.15) is 0 Å². The average molecular weight is 362 g/mol. The molecule has 0 N–H and O–H groups in total. The van der Waals surface area contributed by atoms with Gasteiger partial charge in [-0.25, -0.2) is 0 Å². The van der Waals surface area contributed by atoms with E-state index in [1.807, 2.05) is 9.36 Å². The fraction of sp³-hybridized carbons (Fsp3) is 0.500. The monoisotopic (exact) mass is 360 g/mol. The van der Waals surface area contributed by atoms with Crippen molar-refractivity contribution in [3.63, 3.8) is 0 Å². The first-order valence-electron chi connectivity index (χ1n) is 8.52. The summed E-state index contributed by atoms with van der Waals surface area (Å²) in [5.41, 5.74) is 1.70. The van der Waals surface area contributed by atoms with Crippen molar-refractivity contribution >= 4 is 0 Å². The molecule has 0 amide bonds. The van der Waals surface area contributed by atoms with Gasteiger partial charge in [-0.3, -0.25) is 0 Å². The van der Waals surface area contributed by atoms with Crippen LogP contribution in [-0.2, 0) is 20.3 Å². The zero-order valence-electron chi connectivity index (χ0n) is 13.8. The summed E-state index contributed by atoms with van der Waals surface area (Å²) in [4.78, 5) is 0. The van der Waals surface area contributed by atoms with Gasteiger partial charge in [0, 0.05) is 0 Å². The molecule has 0 aromatic heterocycles. The molecule has 0 nitrogen and oxygen atoms in total. The molecule has 0 saturated carbocycles. The molecule has 0 fully saturated rings. The Bertz CT molecular complexity index is 486. The van der Waals surface area contributed by atoms with Gasteiger partial charge in [-0.1, -0.05) is 0 Å². The van der Waals surface area contributed by atoms with E-state index >= 15 is 0 Å². The summed E-state index contributed by atoms with van der Waals surface area (Å²) in [5.74, 6) is 0. The standard InChI is InChI=1S/C13H19.C5H5.2CH3.Zr/c1-2-3-4-5-6-7-10-13-11-8-9-12-13;1-2-4-5-3-1;;;/h2,8,11H,1,3-7,9-10H2;1-3H,4H2;2*1H3;. The number of unbranched alkanes of at least 4 members (excludes halogenated alkanes) is 4. The molecule has 0 spiro atoms. The number of allylic oxidation sites excluding steroid dienone is 9. The molecular weight excluding hydrogens is 331 g/mol. The maximum absolute atomic E-state index is 3.80. The first-order chi connectivity index (χ1) is 10.2. The normalized spacial score (nSPS) is 17.7. The summed E-state index contributed by atoms with van der Waals surface area (Å²) in [6.07, 6.45) is 24.2. The number of hydrogen-bond donors (Lipinski definition) is 0. The van der Waals surface area contributed by atoms with Crippen LogP contribution in [0.2, 0.25) is 9.26 Å². The quantitative estimate of drug-likeness (QED) is 0.312. The van der Waals surface area contributed by atoms with Gasteiger partial charge in [0.2, 0.25) is 0 Å². The van der Waals surface area contributed by atoms with Crippen molar-refractivity contribution in [3.05, 3.63) is 55.2 Å². The van der Waals surface area contributed by atoms with Crippen LogP contribution >= 0.6 is 0 Å². The summed E-state index contributed by atoms with van der Waals surface area (Å²) in [6.45, 7) is 3.80. The average Bonchev–Trinajstić information content (AvgIpc) is 3.13. The Balaban J connectivity index is 1.90. The van der Waals surface area contributed by atoms with Gasteiger partial charge in [0.15, 0.2) is 0 Å². The second-order valence-corrected chi connectivity index (χ2v) is 17.9. The number of rotatable bonds is 9. The van der Waals surface area contributed by atoms with Crippen LogP contribution in [0.5, 0.6) is 0 Å². The van der Waals surface area contributed by atoms with E-state index in [1.165, 1.54) is 51.4 Å². The molecular formula is C20H30Zr. The molecule has 0 unspecified atom stereocenters. The summed E-state index contributed by atoms with van der Waals surface area (Å²) in [7, 11) is 0. The third-order valence-corrected chi connectivity index (χ3v) is 14.8. The molecule has 0 heterocycles. The minimum atomic E-state index is -2.20.